The average molecular weight is 429 g/mol. The Balaban J connectivity index is 2.12. The Labute approximate surface area is 143 Å². The molecule has 20 heavy (non-hydrogen) atoms. The van der Waals surface area contributed by atoms with Gasteiger partial charge in [0.1, 0.15) is 0 Å². The Hall–Kier alpha value is -0.610. The lowest BCUT2D eigenvalue weighted by molar-refractivity contribution is 1.60. The van der Waals surface area contributed by atoms with Crippen molar-refractivity contribution in [3.63, 3.8) is 0 Å². The van der Waals surface area contributed by atoms with Crippen LogP contribution in [0.3, 0.4) is 0 Å². The van der Waals surface area contributed by atoms with Crippen molar-refractivity contribution in [3.8, 4) is 22.3 Å². The fourth-order valence-corrected chi connectivity index (χ4v) is 3.96. The van der Waals surface area contributed by atoms with Gasteiger partial charge in [0.2, 0.25) is 0 Å². The summed E-state index contributed by atoms with van der Waals surface area (Å²) in [5.74, 6) is 0. The van der Waals surface area contributed by atoms with Crippen LogP contribution in [0.4, 0.5) is 0 Å². The van der Waals surface area contributed by atoms with Crippen molar-refractivity contribution >= 4 is 54.8 Å². The maximum absolute atomic E-state index is 6.37. The molecule has 0 nitrogen and oxygen atoms in total. The summed E-state index contributed by atoms with van der Waals surface area (Å²) in [5, 5.41) is 5.07. The van der Waals surface area contributed by atoms with Gasteiger partial charge in [-0.15, -0.1) is 0 Å². The van der Waals surface area contributed by atoms with E-state index in [0.29, 0.717) is 0 Å². The van der Waals surface area contributed by atoms with E-state index in [1.54, 1.807) is 11.3 Å². The molecule has 4 heteroatoms. The Kier molecular flexibility index (Phi) is 4.32. The first-order valence-corrected chi connectivity index (χ1v) is 8.83. The Morgan fingerprint density at radius 3 is 2.10 bits per heavy atom. The van der Waals surface area contributed by atoms with E-state index in [-0.39, 0.29) is 0 Å². The molecule has 0 N–H and O–H groups in total. The highest BCUT2D eigenvalue weighted by Gasteiger charge is 2.11. The summed E-state index contributed by atoms with van der Waals surface area (Å²) < 4.78 is 2.08. The summed E-state index contributed by atoms with van der Waals surface area (Å²) in [6.07, 6.45) is 0. The van der Waals surface area contributed by atoms with Gasteiger partial charge < -0.3 is 0 Å². The molecule has 0 saturated heterocycles. The molecule has 0 bridgehead atoms. The number of rotatable bonds is 2. The van der Waals surface area contributed by atoms with Crippen LogP contribution in [0.5, 0.6) is 0 Å². The van der Waals surface area contributed by atoms with E-state index < -0.39 is 0 Å². The lowest BCUT2D eigenvalue weighted by atomic mass is 9.99. The molecular weight excluding hydrogens is 420 g/mol. The summed E-state index contributed by atoms with van der Waals surface area (Å²) in [7, 11) is 0. The van der Waals surface area contributed by atoms with E-state index in [1.807, 2.05) is 12.1 Å². The van der Waals surface area contributed by atoms with Gasteiger partial charge in [0, 0.05) is 30.7 Å². The van der Waals surface area contributed by atoms with Gasteiger partial charge in [0.05, 0.1) is 0 Å². The zero-order chi connectivity index (χ0) is 14.1. The quantitative estimate of drug-likeness (QED) is 0.403. The predicted octanol–water partition coefficient (Wildman–Crippen LogP) is 7.26. The van der Waals surface area contributed by atoms with Crippen LogP contribution >= 0.6 is 54.8 Å². The Morgan fingerprint density at radius 2 is 1.40 bits per heavy atom. The van der Waals surface area contributed by atoms with Crippen molar-refractivity contribution < 1.29 is 0 Å². The van der Waals surface area contributed by atoms with Crippen LogP contribution in [-0.4, -0.2) is 0 Å². The third-order valence-electron chi connectivity index (χ3n) is 3.04. The highest BCUT2D eigenvalue weighted by molar-refractivity contribution is 9.10. The molecule has 0 aliphatic carbocycles. The topological polar surface area (TPSA) is 0 Å². The molecule has 0 radical (unpaired) electrons. The van der Waals surface area contributed by atoms with E-state index >= 15 is 0 Å². The summed E-state index contributed by atoms with van der Waals surface area (Å²) in [6.45, 7) is 0. The Morgan fingerprint density at radius 1 is 0.750 bits per heavy atom. The van der Waals surface area contributed by atoms with E-state index in [2.05, 4.69) is 73.0 Å². The molecule has 0 fully saturated rings. The number of hydrogen-bond donors (Lipinski definition) is 0. The largest absolute Gasteiger partial charge is 0.151 e. The summed E-state index contributed by atoms with van der Waals surface area (Å²) >= 11 is 15.0. The van der Waals surface area contributed by atoms with Crippen molar-refractivity contribution in [2.75, 3.05) is 0 Å². The minimum Gasteiger partial charge on any atom is -0.151 e. The Bertz CT molecular complexity index is 747. The highest BCUT2D eigenvalue weighted by Crippen LogP contribution is 2.39. The molecule has 0 aliphatic rings. The molecule has 0 atom stereocenters. The lowest BCUT2D eigenvalue weighted by Crippen LogP contribution is -1.82. The third-order valence-corrected chi connectivity index (χ3v) is 5.12. The van der Waals surface area contributed by atoms with Crippen LogP contribution in [-0.2, 0) is 0 Å². The molecule has 0 unspecified atom stereocenters. The van der Waals surface area contributed by atoms with Crippen molar-refractivity contribution in [1.29, 1.82) is 0 Å². The standard InChI is InChI=1S/C16H9Br2ClS/c17-11-3-1-10(2-4-11)14-8-20-9-15(14)13-6-5-12(18)7-16(13)19/h1-9H. The van der Waals surface area contributed by atoms with E-state index in [0.717, 1.165) is 19.5 Å². The normalized spacial score (nSPS) is 10.8. The molecule has 3 aromatic rings. The van der Waals surface area contributed by atoms with E-state index in [4.69, 9.17) is 11.6 Å². The smallest absolute Gasteiger partial charge is 0.0496 e. The molecule has 0 aliphatic heterocycles. The summed E-state index contributed by atoms with van der Waals surface area (Å²) in [4.78, 5) is 0. The lowest BCUT2D eigenvalue weighted by Gasteiger charge is -2.07. The molecule has 0 saturated carbocycles. The first kappa shape index (κ1) is 14.3. The van der Waals surface area contributed by atoms with Gasteiger partial charge >= 0.3 is 0 Å². The van der Waals surface area contributed by atoms with Gasteiger partial charge in [-0.05, 0) is 40.6 Å². The van der Waals surface area contributed by atoms with Gasteiger partial charge in [0.25, 0.3) is 0 Å². The van der Waals surface area contributed by atoms with Crippen LogP contribution in [0.2, 0.25) is 5.02 Å². The summed E-state index contributed by atoms with van der Waals surface area (Å²) in [5.41, 5.74) is 4.65. The molecule has 0 amide bonds. The number of thiophene rings is 1. The van der Waals surface area contributed by atoms with Crippen molar-refractivity contribution in [2.24, 2.45) is 0 Å². The third kappa shape index (κ3) is 2.86. The second kappa shape index (κ2) is 6.02. The van der Waals surface area contributed by atoms with Crippen LogP contribution in [0.1, 0.15) is 0 Å². The van der Waals surface area contributed by atoms with Crippen LogP contribution < -0.4 is 0 Å². The molecule has 2 aromatic carbocycles. The average Bonchev–Trinajstić information content (AvgIpc) is 2.88. The first-order valence-electron chi connectivity index (χ1n) is 5.93. The number of hydrogen-bond acceptors (Lipinski definition) is 1. The summed E-state index contributed by atoms with van der Waals surface area (Å²) in [6, 6.07) is 14.3. The van der Waals surface area contributed by atoms with E-state index in [1.165, 1.54) is 16.7 Å². The second-order valence-corrected chi connectivity index (χ2v) is 7.31. The predicted molar refractivity (Wildman–Crippen MR) is 95.6 cm³/mol. The number of benzene rings is 2. The van der Waals surface area contributed by atoms with Crippen LogP contribution in [0.15, 0.2) is 62.2 Å². The highest BCUT2D eigenvalue weighted by atomic mass is 79.9. The molecule has 1 heterocycles. The molecule has 0 spiro atoms. The zero-order valence-corrected chi connectivity index (χ0v) is 15.0. The van der Waals surface area contributed by atoms with Crippen LogP contribution in [0.25, 0.3) is 22.3 Å². The minimum atomic E-state index is 0.760. The minimum absolute atomic E-state index is 0.760. The van der Waals surface area contributed by atoms with Crippen molar-refractivity contribution in [2.45, 2.75) is 0 Å². The van der Waals surface area contributed by atoms with Gasteiger partial charge in [0.15, 0.2) is 0 Å². The van der Waals surface area contributed by atoms with Crippen molar-refractivity contribution in [1.82, 2.24) is 0 Å². The maximum Gasteiger partial charge on any atom is 0.0496 e. The molecular formula is C16H9Br2ClS. The molecule has 100 valence electrons. The van der Waals surface area contributed by atoms with Crippen LogP contribution in [0, 0.1) is 0 Å². The van der Waals surface area contributed by atoms with Crippen molar-refractivity contribution in [3.05, 3.63) is 67.2 Å². The monoisotopic (exact) mass is 426 g/mol. The molecule has 1 aromatic heterocycles. The van der Waals surface area contributed by atoms with Gasteiger partial charge in [-0.1, -0.05) is 61.7 Å². The number of halogens is 3. The maximum atomic E-state index is 6.37. The second-order valence-electron chi connectivity index (χ2n) is 4.33. The van der Waals surface area contributed by atoms with Gasteiger partial charge in [-0.25, -0.2) is 0 Å². The van der Waals surface area contributed by atoms with Gasteiger partial charge in [-0.3, -0.25) is 0 Å². The SMILES string of the molecule is Clc1cc(Br)ccc1-c1cscc1-c1ccc(Br)cc1. The first-order chi connectivity index (χ1) is 9.65. The fourth-order valence-electron chi connectivity index (χ4n) is 2.07. The zero-order valence-electron chi connectivity index (χ0n) is 10.2. The fraction of sp³-hybridized carbons (Fsp3) is 0. The van der Waals surface area contributed by atoms with Gasteiger partial charge in [-0.2, -0.15) is 11.3 Å². The molecule has 3 rings (SSSR count). The van der Waals surface area contributed by atoms with E-state index in [9.17, 15) is 0 Å².